The number of ketones is 1. The Bertz CT molecular complexity index is 445. The van der Waals surface area contributed by atoms with Crippen LogP contribution < -0.4 is 9.64 Å². The molecule has 1 unspecified atom stereocenters. The van der Waals surface area contributed by atoms with Gasteiger partial charge in [0.05, 0.1) is 18.8 Å². The summed E-state index contributed by atoms with van der Waals surface area (Å²) < 4.78 is 5.86. The number of Topliss-reactive ketones (excluding diaryl/α,β-unsaturated/α-hetero) is 1. The number of benzene rings is 1. The van der Waals surface area contributed by atoms with Crippen LogP contribution in [0.1, 0.15) is 30.6 Å². The molecule has 0 fully saturated rings. The lowest BCUT2D eigenvalue weighted by Crippen LogP contribution is -2.41. The number of rotatable bonds is 4. The van der Waals surface area contributed by atoms with Gasteiger partial charge in [-0.3, -0.25) is 4.79 Å². The number of β-amino-alcohol motifs (C(OH)–C–C–N with tert-alkyl or cyclic N) is 1. The fraction of sp³-hybridized carbons (Fsp3) is 0.500. The number of carbonyl (C=O) groups excluding carboxylic acids is 1. The molecular formula is C14H19NO3. The predicted molar refractivity (Wildman–Crippen MR) is 70.5 cm³/mol. The van der Waals surface area contributed by atoms with Crippen molar-refractivity contribution in [3.8, 4) is 5.75 Å². The average Bonchev–Trinajstić information content (AvgIpc) is 2.38. The van der Waals surface area contributed by atoms with Gasteiger partial charge in [0.1, 0.15) is 11.9 Å². The molecule has 1 atom stereocenters. The van der Waals surface area contributed by atoms with Crippen LogP contribution in [-0.2, 0) is 0 Å². The Balaban J connectivity index is 2.36. The second-order valence-electron chi connectivity index (χ2n) is 4.56. The molecule has 1 heterocycles. The molecule has 4 nitrogen and oxygen atoms in total. The second-order valence-corrected chi connectivity index (χ2v) is 4.56. The number of ether oxygens (including phenoxy) is 1. The van der Waals surface area contributed by atoms with E-state index >= 15 is 0 Å². The van der Waals surface area contributed by atoms with Gasteiger partial charge >= 0.3 is 0 Å². The highest BCUT2D eigenvalue weighted by atomic mass is 16.5. The lowest BCUT2D eigenvalue weighted by molar-refractivity contribution is 0.101. The number of anilines is 1. The SMILES string of the molecule is CCC1CN(CCO)c2cc(C(C)=O)ccc2O1. The Hall–Kier alpha value is -1.55. The zero-order valence-electron chi connectivity index (χ0n) is 10.8. The van der Waals surface area contributed by atoms with Crippen LogP contribution in [0.15, 0.2) is 18.2 Å². The lowest BCUT2D eigenvalue weighted by atomic mass is 10.1. The van der Waals surface area contributed by atoms with Crippen molar-refractivity contribution in [3.05, 3.63) is 23.8 Å². The van der Waals surface area contributed by atoms with E-state index in [9.17, 15) is 4.79 Å². The number of hydrogen-bond acceptors (Lipinski definition) is 4. The number of hydrogen-bond donors (Lipinski definition) is 1. The summed E-state index contributed by atoms with van der Waals surface area (Å²) in [4.78, 5) is 13.5. The maximum Gasteiger partial charge on any atom is 0.159 e. The molecule has 0 bridgehead atoms. The second kappa shape index (κ2) is 5.40. The Labute approximate surface area is 107 Å². The molecule has 18 heavy (non-hydrogen) atoms. The van der Waals surface area contributed by atoms with Crippen LogP contribution in [0.25, 0.3) is 0 Å². The van der Waals surface area contributed by atoms with Gasteiger partial charge in [-0.2, -0.15) is 0 Å². The van der Waals surface area contributed by atoms with Crippen LogP contribution in [0, 0.1) is 0 Å². The van der Waals surface area contributed by atoms with Crippen molar-refractivity contribution < 1.29 is 14.6 Å². The molecule has 98 valence electrons. The van der Waals surface area contributed by atoms with Gasteiger partial charge in [0.2, 0.25) is 0 Å². The fourth-order valence-electron chi connectivity index (χ4n) is 2.19. The highest BCUT2D eigenvalue weighted by molar-refractivity contribution is 5.95. The molecule has 1 aliphatic rings. The first kappa shape index (κ1) is 12.9. The molecule has 1 aromatic rings. The summed E-state index contributed by atoms with van der Waals surface area (Å²) in [5, 5.41) is 9.13. The molecule has 0 aromatic heterocycles. The van der Waals surface area contributed by atoms with E-state index < -0.39 is 0 Å². The topological polar surface area (TPSA) is 49.8 Å². The van der Waals surface area contributed by atoms with Gasteiger partial charge in [-0.05, 0) is 31.5 Å². The highest BCUT2D eigenvalue weighted by Crippen LogP contribution is 2.34. The van der Waals surface area contributed by atoms with E-state index in [2.05, 4.69) is 11.8 Å². The van der Waals surface area contributed by atoms with E-state index in [0.29, 0.717) is 12.1 Å². The monoisotopic (exact) mass is 249 g/mol. The summed E-state index contributed by atoms with van der Waals surface area (Å²) in [6, 6.07) is 5.48. The van der Waals surface area contributed by atoms with Crippen LogP contribution >= 0.6 is 0 Å². The predicted octanol–water partition coefficient (Wildman–Crippen LogP) is 1.86. The molecule has 0 aliphatic carbocycles. The zero-order valence-corrected chi connectivity index (χ0v) is 10.8. The van der Waals surface area contributed by atoms with E-state index in [4.69, 9.17) is 9.84 Å². The Morgan fingerprint density at radius 2 is 2.33 bits per heavy atom. The van der Waals surface area contributed by atoms with E-state index in [0.717, 1.165) is 24.4 Å². The first-order valence-electron chi connectivity index (χ1n) is 6.33. The molecule has 0 radical (unpaired) electrons. The normalized spacial score (nSPS) is 18.2. The van der Waals surface area contributed by atoms with Gasteiger partial charge in [0.15, 0.2) is 5.78 Å². The molecule has 1 aliphatic heterocycles. The van der Waals surface area contributed by atoms with Gasteiger partial charge in [-0.15, -0.1) is 0 Å². The summed E-state index contributed by atoms with van der Waals surface area (Å²) in [5.41, 5.74) is 1.58. The number of nitrogens with zero attached hydrogens (tertiary/aromatic N) is 1. The molecule has 2 rings (SSSR count). The van der Waals surface area contributed by atoms with Crippen molar-refractivity contribution in [2.75, 3.05) is 24.6 Å². The van der Waals surface area contributed by atoms with E-state index in [-0.39, 0.29) is 18.5 Å². The molecule has 1 aromatic carbocycles. The minimum atomic E-state index is 0.0411. The first-order valence-corrected chi connectivity index (χ1v) is 6.33. The molecule has 1 N–H and O–H groups in total. The van der Waals surface area contributed by atoms with Crippen molar-refractivity contribution in [1.29, 1.82) is 0 Å². The highest BCUT2D eigenvalue weighted by Gasteiger charge is 2.24. The molecule has 0 amide bonds. The maximum absolute atomic E-state index is 11.4. The number of carbonyl (C=O) groups is 1. The van der Waals surface area contributed by atoms with E-state index in [1.54, 1.807) is 13.0 Å². The van der Waals surface area contributed by atoms with Crippen LogP contribution in [0.5, 0.6) is 5.75 Å². The summed E-state index contributed by atoms with van der Waals surface area (Å²) in [6.45, 7) is 5.05. The van der Waals surface area contributed by atoms with Gasteiger partial charge in [-0.1, -0.05) is 6.92 Å². The third-order valence-corrected chi connectivity index (χ3v) is 3.25. The largest absolute Gasteiger partial charge is 0.486 e. The third kappa shape index (κ3) is 2.48. The minimum absolute atomic E-state index is 0.0411. The molecule has 0 saturated carbocycles. The van der Waals surface area contributed by atoms with Gasteiger partial charge in [0.25, 0.3) is 0 Å². The summed E-state index contributed by atoms with van der Waals surface area (Å²) in [6.07, 6.45) is 1.07. The van der Waals surface area contributed by atoms with E-state index in [1.165, 1.54) is 0 Å². The quantitative estimate of drug-likeness (QED) is 0.827. The minimum Gasteiger partial charge on any atom is -0.486 e. The van der Waals surface area contributed by atoms with Crippen LogP contribution in [0.3, 0.4) is 0 Å². The fourth-order valence-corrected chi connectivity index (χ4v) is 2.19. The van der Waals surface area contributed by atoms with Crippen molar-refractivity contribution in [2.24, 2.45) is 0 Å². The third-order valence-electron chi connectivity index (χ3n) is 3.25. The summed E-state index contributed by atoms with van der Waals surface area (Å²) in [5.74, 6) is 0.839. The Kier molecular flexibility index (Phi) is 3.87. The Morgan fingerprint density at radius 3 is 2.94 bits per heavy atom. The standard InChI is InChI=1S/C14H19NO3/c1-3-12-9-15(6-7-16)13-8-11(10(2)17)4-5-14(13)18-12/h4-5,8,12,16H,3,6-7,9H2,1-2H3. The van der Waals surface area contributed by atoms with Gasteiger partial charge < -0.3 is 14.7 Å². The number of aliphatic hydroxyl groups is 1. The van der Waals surface area contributed by atoms with Crippen molar-refractivity contribution >= 4 is 11.5 Å². The first-order chi connectivity index (χ1) is 8.65. The molecule has 4 heteroatoms. The zero-order chi connectivity index (χ0) is 13.1. The Morgan fingerprint density at radius 1 is 1.56 bits per heavy atom. The average molecular weight is 249 g/mol. The molecule has 0 saturated heterocycles. The van der Waals surface area contributed by atoms with Crippen molar-refractivity contribution in [2.45, 2.75) is 26.4 Å². The number of aliphatic hydroxyl groups excluding tert-OH is 1. The van der Waals surface area contributed by atoms with Gasteiger partial charge in [-0.25, -0.2) is 0 Å². The van der Waals surface area contributed by atoms with Crippen molar-refractivity contribution in [1.82, 2.24) is 0 Å². The van der Waals surface area contributed by atoms with Crippen LogP contribution in [0.2, 0.25) is 0 Å². The smallest absolute Gasteiger partial charge is 0.159 e. The van der Waals surface area contributed by atoms with Crippen molar-refractivity contribution in [3.63, 3.8) is 0 Å². The number of fused-ring (bicyclic) bond motifs is 1. The molecule has 0 spiro atoms. The van der Waals surface area contributed by atoms with E-state index in [1.807, 2.05) is 12.1 Å². The maximum atomic E-state index is 11.4. The molecular weight excluding hydrogens is 230 g/mol. The summed E-state index contributed by atoms with van der Waals surface area (Å²) >= 11 is 0. The lowest BCUT2D eigenvalue weighted by Gasteiger charge is -2.35. The van der Waals surface area contributed by atoms with Gasteiger partial charge in [0, 0.05) is 12.1 Å². The van der Waals surface area contributed by atoms with Crippen LogP contribution in [-0.4, -0.2) is 36.7 Å². The van der Waals surface area contributed by atoms with Crippen LogP contribution in [0.4, 0.5) is 5.69 Å². The summed E-state index contributed by atoms with van der Waals surface area (Å²) in [7, 11) is 0.